The number of para-hydroxylation sites is 1. The van der Waals surface area contributed by atoms with Crippen LogP contribution in [0.15, 0.2) is 42.9 Å². The monoisotopic (exact) mass is 170 g/mol. The van der Waals surface area contributed by atoms with E-state index >= 15 is 0 Å². The predicted molar refractivity (Wildman–Crippen MR) is 50.6 cm³/mol. The summed E-state index contributed by atoms with van der Waals surface area (Å²) in [6.45, 7) is 0. The Labute approximate surface area is 76.5 Å². The molecule has 0 aliphatic rings. The second-order valence-corrected chi connectivity index (χ2v) is 2.51. The molecule has 0 bridgehead atoms. The van der Waals surface area contributed by atoms with Gasteiger partial charge in [-0.15, -0.1) is 0 Å². The topological polar surface area (TPSA) is 37.8 Å². The summed E-state index contributed by atoms with van der Waals surface area (Å²) < 4.78 is 0. The van der Waals surface area contributed by atoms with Gasteiger partial charge in [0.25, 0.3) is 0 Å². The zero-order chi connectivity index (χ0) is 8.93. The van der Waals surface area contributed by atoms with E-state index in [0.29, 0.717) is 5.82 Å². The lowest BCUT2D eigenvalue weighted by atomic mass is 10.3. The van der Waals surface area contributed by atoms with Crippen LogP contribution < -0.4 is 5.32 Å². The van der Waals surface area contributed by atoms with Crippen molar-refractivity contribution in [1.82, 2.24) is 9.97 Å². The third-order valence-corrected chi connectivity index (χ3v) is 1.57. The molecule has 2 aromatic rings. The van der Waals surface area contributed by atoms with E-state index in [1.165, 1.54) is 6.33 Å². The van der Waals surface area contributed by atoms with Crippen LogP contribution in [0.1, 0.15) is 0 Å². The Hall–Kier alpha value is -1.90. The van der Waals surface area contributed by atoms with Crippen molar-refractivity contribution in [2.75, 3.05) is 5.32 Å². The molecule has 13 heavy (non-hydrogen) atoms. The van der Waals surface area contributed by atoms with Crippen LogP contribution in [0.3, 0.4) is 0 Å². The van der Waals surface area contributed by atoms with Crippen LogP contribution in [0, 0.1) is 6.07 Å². The van der Waals surface area contributed by atoms with Gasteiger partial charge in [-0.2, -0.15) is 0 Å². The first-order chi connectivity index (χ1) is 6.45. The molecule has 0 aliphatic carbocycles. The Morgan fingerprint density at radius 2 is 2.00 bits per heavy atom. The zero-order valence-electron chi connectivity index (χ0n) is 6.94. The lowest BCUT2D eigenvalue weighted by Gasteiger charge is -2.02. The minimum Gasteiger partial charge on any atom is -0.340 e. The summed E-state index contributed by atoms with van der Waals surface area (Å²) in [7, 11) is 0. The first-order valence-electron chi connectivity index (χ1n) is 3.95. The summed E-state index contributed by atoms with van der Waals surface area (Å²) in [6.07, 6.45) is 3.07. The molecule has 0 atom stereocenters. The summed E-state index contributed by atoms with van der Waals surface area (Å²) in [6, 6.07) is 12.7. The molecule has 1 radical (unpaired) electrons. The van der Waals surface area contributed by atoms with Crippen molar-refractivity contribution in [3.63, 3.8) is 0 Å². The molecule has 0 fully saturated rings. The molecule has 3 heteroatoms. The van der Waals surface area contributed by atoms with Gasteiger partial charge in [0.05, 0.1) is 0 Å². The molecule has 0 saturated heterocycles. The molecule has 1 aromatic carbocycles. The second kappa shape index (κ2) is 3.67. The highest BCUT2D eigenvalue weighted by molar-refractivity contribution is 5.54. The number of aromatic nitrogens is 2. The van der Waals surface area contributed by atoms with Crippen molar-refractivity contribution in [2.45, 2.75) is 0 Å². The molecule has 0 aliphatic heterocycles. The van der Waals surface area contributed by atoms with Crippen molar-refractivity contribution in [3.05, 3.63) is 48.9 Å². The van der Waals surface area contributed by atoms with E-state index in [9.17, 15) is 0 Å². The highest BCUT2D eigenvalue weighted by Gasteiger charge is 1.92. The van der Waals surface area contributed by atoms with Gasteiger partial charge < -0.3 is 5.32 Å². The Balaban J connectivity index is 2.16. The molecule has 63 valence electrons. The van der Waals surface area contributed by atoms with E-state index < -0.39 is 0 Å². The first kappa shape index (κ1) is 7.73. The highest BCUT2D eigenvalue weighted by atomic mass is 15.0. The summed E-state index contributed by atoms with van der Waals surface area (Å²) in [5, 5.41) is 3.10. The fraction of sp³-hybridized carbons (Fsp3) is 0. The van der Waals surface area contributed by atoms with Crippen LogP contribution in [0.5, 0.6) is 0 Å². The number of nitrogens with one attached hydrogen (secondary N) is 1. The van der Waals surface area contributed by atoms with Crippen molar-refractivity contribution < 1.29 is 0 Å². The number of anilines is 2. The van der Waals surface area contributed by atoms with Crippen molar-refractivity contribution in [2.24, 2.45) is 0 Å². The van der Waals surface area contributed by atoms with Crippen molar-refractivity contribution in [3.8, 4) is 0 Å². The van der Waals surface area contributed by atoms with E-state index in [0.717, 1.165) is 5.69 Å². The number of nitrogens with zero attached hydrogens (tertiary/aromatic N) is 2. The lowest BCUT2D eigenvalue weighted by Crippen LogP contribution is -1.92. The average Bonchev–Trinajstić information content (AvgIpc) is 2.21. The van der Waals surface area contributed by atoms with Crippen LogP contribution >= 0.6 is 0 Å². The van der Waals surface area contributed by atoms with Crippen LogP contribution in [-0.2, 0) is 0 Å². The van der Waals surface area contributed by atoms with Crippen LogP contribution in [0.4, 0.5) is 11.5 Å². The molecule has 1 heterocycles. The Kier molecular flexibility index (Phi) is 2.18. The number of benzene rings is 1. The minimum absolute atomic E-state index is 0.682. The quantitative estimate of drug-likeness (QED) is 0.749. The predicted octanol–water partition coefficient (Wildman–Crippen LogP) is 2.02. The van der Waals surface area contributed by atoms with Crippen LogP contribution in [0.25, 0.3) is 0 Å². The molecular weight excluding hydrogens is 162 g/mol. The van der Waals surface area contributed by atoms with Gasteiger partial charge in [0.1, 0.15) is 12.1 Å². The second-order valence-electron chi connectivity index (χ2n) is 2.51. The molecule has 0 spiro atoms. The number of hydrogen-bond acceptors (Lipinski definition) is 3. The zero-order valence-corrected chi connectivity index (χ0v) is 6.94. The van der Waals surface area contributed by atoms with Gasteiger partial charge in [-0.1, -0.05) is 18.2 Å². The summed E-state index contributed by atoms with van der Waals surface area (Å²) in [5.74, 6) is 0.682. The molecule has 1 N–H and O–H groups in total. The third-order valence-electron chi connectivity index (χ3n) is 1.57. The molecule has 0 amide bonds. The smallest absolute Gasteiger partial charge is 0.141 e. The van der Waals surface area contributed by atoms with E-state index in [4.69, 9.17) is 0 Å². The fourth-order valence-corrected chi connectivity index (χ4v) is 0.987. The molecule has 0 unspecified atom stereocenters. The first-order valence-corrected chi connectivity index (χ1v) is 3.95. The van der Waals surface area contributed by atoms with E-state index in [1.807, 2.05) is 30.3 Å². The molecule has 1 aromatic heterocycles. The van der Waals surface area contributed by atoms with Crippen LogP contribution in [0.2, 0.25) is 0 Å². The molecular formula is C10H8N3. The largest absolute Gasteiger partial charge is 0.340 e. The Morgan fingerprint density at radius 3 is 2.69 bits per heavy atom. The van der Waals surface area contributed by atoms with Crippen molar-refractivity contribution in [1.29, 1.82) is 0 Å². The van der Waals surface area contributed by atoms with Gasteiger partial charge in [0.2, 0.25) is 0 Å². The summed E-state index contributed by atoms with van der Waals surface area (Å²) in [4.78, 5) is 7.78. The average molecular weight is 170 g/mol. The number of rotatable bonds is 2. The van der Waals surface area contributed by atoms with Gasteiger partial charge in [-0.3, -0.25) is 0 Å². The van der Waals surface area contributed by atoms with E-state index in [2.05, 4.69) is 21.4 Å². The third kappa shape index (κ3) is 2.02. The van der Waals surface area contributed by atoms with Crippen LogP contribution in [-0.4, -0.2) is 9.97 Å². The van der Waals surface area contributed by atoms with Gasteiger partial charge in [-0.05, 0) is 12.1 Å². The maximum absolute atomic E-state index is 4.00. The summed E-state index contributed by atoms with van der Waals surface area (Å²) in [5.41, 5.74) is 0.998. The molecule has 0 saturated carbocycles. The molecule has 2 rings (SSSR count). The van der Waals surface area contributed by atoms with E-state index in [1.54, 1.807) is 6.20 Å². The molecule has 3 nitrogen and oxygen atoms in total. The standard InChI is InChI=1S/C10H8N3/c1-2-4-9(5-3-1)13-10-6-7-11-8-12-10/h1-5,7-8H,(H,11,12,13). The van der Waals surface area contributed by atoms with Gasteiger partial charge in [-0.25, -0.2) is 9.97 Å². The lowest BCUT2D eigenvalue weighted by molar-refractivity contribution is 1.16. The normalized spacial score (nSPS) is 9.54. The van der Waals surface area contributed by atoms with Gasteiger partial charge >= 0.3 is 0 Å². The Morgan fingerprint density at radius 1 is 1.15 bits per heavy atom. The van der Waals surface area contributed by atoms with Gasteiger partial charge in [0.15, 0.2) is 0 Å². The van der Waals surface area contributed by atoms with Crippen molar-refractivity contribution >= 4 is 11.5 Å². The minimum atomic E-state index is 0.682. The SMILES string of the molecule is [c]1cncnc1Nc1ccccc1. The van der Waals surface area contributed by atoms with E-state index in [-0.39, 0.29) is 0 Å². The summed E-state index contributed by atoms with van der Waals surface area (Å²) >= 11 is 0. The maximum Gasteiger partial charge on any atom is 0.141 e. The number of hydrogen-bond donors (Lipinski definition) is 1. The highest BCUT2D eigenvalue weighted by Crippen LogP contribution is 2.10. The fourth-order valence-electron chi connectivity index (χ4n) is 0.987. The Bertz CT molecular complexity index is 321. The van der Waals surface area contributed by atoms with Gasteiger partial charge in [0, 0.05) is 18.0 Å². The maximum atomic E-state index is 4.00.